The van der Waals surface area contributed by atoms with Gasteiger partial charge in [0.25, 0.3) is 0 Å². The van der Waals surface area contributed by atoms with Crippen molar-refractivity contribution in [2.24, 2.45) is 0 Å². The van der Waals surface area contributed by atoms with Gasteiger partial charge in [-0.3, -0.25) is 0 Å². The second kappa shape index (κ2) is 6.76. The first kappa shape index (κ1) is 13.4. The highest BCUT2D eigenvalue weighted by atomic mass is 16.5. The Kier molecular flexibility index (Phi) is 4.76. The van der Waals surface area contributed by atoms with Crippen molar-refractivity contribution in [3.8, 4) is 5.75 Å². The van der Waals surface area contributed by atoms with Gasteiger partial charge in [0.1, 0.15) is 5.75 Å². The smallest absolute Gasteiger partial charge is 0.119 e. The molecule has 0 bridgehead atoms. The molecular weight excluding hydrogens is 236 g/mol. The first-order valence-electron chi connectivity index (χ1n) is 6.24. The number of hydrogen-bond donors (Lipinski definition) is 0. The number of ether oxygens (including phenoxy) is 2. The molecule has 2 rings (SSSR count). The van der Waals surface area contributed by atoms with Gasteiger partial charge in [0, 0.05) is 0 Å². The van der Waals surface area contributed by atoms with E-state index in [1.54, 1.807) is 7.11 Å². The van der Waals surface area contributed by atoms with E-state index in [2.05, 4.69) is 18.7 Å². The zero-order valence-corrected chi connectivity index (χ0v) is 11.1. The molecule has 2 aromatic rings. The van der Waals surface area contributed by atoms with Gasteiger partial charge >= 0.3 is 0 Å². The highest BCUT2D eigenvalue weighted by Crippen LogP contribution is 2.19. The maximum atomic E-state index is 5.73. The van der Waals surface area contributed by atoms with E-state index in [0.717, 1.165) is 16.9 Å². The SMILES string of the molecule is C=Cc1cc(OC)ccc1COCc1ccccc1. The Labute approximate surface area is 114 Å². The predicted octanol–water partition coefficient (Wildman–Crippen LogP) is 4.06. The summed E-state index contributed by atoms with van der Waals surface area (Å²) in [6.07, 6.45) is 1.82. The lowest BCUT2D eigenvalue weighted by atomic mass is 10.1. The molecule has 2 aromatic carbocycles. The normalized spacial score (nSPS) is 10.2. The molecular formula is C17H18O2. The van der Waals surface area contributed by atoms with Crippen molar-refractivity contribution < 1.29 is 9.47 Å². The Morgan fingerprint density at radius 1 is 1.05 bits per heavy atom. The van der Waals surface area contributed by atoms with Gasteiger partial charge in [0.2, 0.25) is 0 Å². The molecule has 0 heterocycles. The van der Waals surface area contributed by atoms with Crippen molar-refractivity contribution in [1.29, 1.82) is 0 Å². The summed E-state index contributed by atoms with van der Waals surface area (Å²) in [5, 5.41) is 0. The molecule has 0 spiro atoms. The van der Waals surface area contributed by atoms with Crippen molar-refractivity contribution in [2.45, 2.75) is 13.2 Å². The fourth-order valence-electron chi connectivity index (χ4n) is 1.87. The van der Waals surface area contributed by atoms with Crippen LogP contribution in [-0.4, -0.2) is 7.11 Å². The van der Waals surface area contributed by atoms with E-state index in [-0.39, 0.29) is 0 Å². The van der Waals surface area contributed by atoms with Crippen LogP contribution >= 0.6 is 0 Å². The molecule has 0 aromatic heterocycles. The van der Waals surface area contributed by atoms with Crippen LogP contribution in [0.25, 0.3) is 6.08 Å². The highest BCUT2D eigenvalue weighted by molar-refractivity contribution is 5.54. The first-order chi connectivity index (χ1) is 9.33. The average Bonchev–Trinajstić information content (AvgIpc) is 2.48. The molecule has 0 fully saturated rings. The Balaban J connectivity index is 1.97. The standard InChI is InChI=1S/C17H18O2/c1-3-15-11-17(18-2)10-9-16(15)13-19-12-14-7-5-4-6-8-14/h3-11H,1,12-13H2,2H3. The maximum absolute atomic E-state index is 5.73. The lowest BCUT2D eigenvalue weighted by Gasteiger charge is -2.09. The van der Waals surface area contributed by atoms with Gasteiger partial charge in [-0.1, -0.05) is 49.1 Å². The van der Waals surface area contributed by atoms with Crippen LogP contribution in [0.1, 0.15) is 16.7 Å². The number of methoxy groups -OCH3 is 1. The van der Waals surface area contributed by atoms with Crippen molar-refractivity contribution in [1.82, 2.24) is 0 Å². The van der Waals surface area contributed by atoms with Gasteiger partial charge in [-0.15, -0.1) is 0 Å². The molecule has 0 aliphatic carbocycles. The number of rotatable bonds is 6. The number of hydrogen-bond acceptors (Lipinski definition) is 2. The molecule has 0 saturated heterocycles. The summed E-state index contributed by atoms with van der Waals surface area (Å²) in [6.45, 7) is 5.01. The molecule has 0 unspecified atom stereocenters. The summed E-state index contributed by atoms with van der Waals surface area (Å²) in [6, 6.07) is 16.1. The lowest BCUT2D eigenvalue weighted by molar-refractivity contribution is 0.107. The van der Waals surface area contributed by atoms with Crippen LogP contribution in [-0.2, 0) is 18.0 Å². The zero-order chi connectivity index (χ0) is 13.5. The quantitative estimate of drug-likeness (QED) is 0.774. The minimum atomic E-state index is 0.570. The van der Waals surface area contributed by atoms with Crippen LogP contribution in [0.2, 0.25) is 0 Å². The zero-order valence-electron chi connectivity index (χ0n) is 11.1. The molecule has 19 heavy (non-hydrogen) atoms. The van der Waals surface area contributed by atoms with E-state index in [0.29, 0.717) is 13.2 Å². The Bertz CT molecular complexity index is 532. The molecule has 0 radical (unpaired) electrons. The summed E-state index contributed by atoms with van der Waals surface area (Å²) in [5.74, 6) is 0.835. The van der Waals surface area contributed by atoms with Gasteiger partial charge in [0.15, 0.2) is 0 Å². The summed E-state index contributed by atoms with van der Waals surface area (Å²) in [7, 11) is 1.66. The van der Waals surface area contributed by atoms with Gasteiger partial charge in [0.05, 0.1) is 20.3 Å². The molecule has 98 valence electrons. The first-order valence-corrected chi connectivity index (χ1v) is 6.24. The molecule has 0 atom stereocenters. The minimum Gasteiger partial charge on any atom is -0.497 e. The highest BCUT2D eigenvalue weighted by Gasteiger charge is 2.02. The Morgan fingerprint density at radius 2 is 1.84 bits per heavy atom. The monoisotopic (exact) mass is 254 g/mol. The van der Waals surface area contributed by atoms with E-state index < -0.39 is 0 Å². The molecule has 2 heteroatoms. The van der Waals surface area contributed by atoms with E-state index in [1.165, 1.54) is 5.56 Å². The van der Waals surface area contributed by atoms with Crippen LogP contribution < -0.4 is 4.74 Å². The molecule has 0 aliphatic heterocycles. The van der Waals surface area contributed by atoms with Crippen LogP contribution in [0, 0.1) is 0 Å². The van der Waals surface area contributed by atoms with E-state index in [9.17, 15) is 0 Å². The third kappa shape index (κ3) is 3.70. The van der Waals surface area contributed by atoms with Gasteiger partial charge in [-0.05, 0) is 28.8 Å². The largest absolute Gasteiger partial charge is 0.497 e. The molecule has 2 nitrogen and oxygen atoms in total. The molecule has 0 amide bonds. The van der Waals surface area contributed by atoms with E-state index in [4.69, 9.17) is 9.47 Å². The van der Waals surface area contributed by atoms with E-state index >= 15 is 0 Å². The van der Waals surface area contributed by atoms with Crippen molar-refractivity contribution in [2.75, 3.05) is 7.11 Å². The summed E-state index contributed by atoms with van der Waals surface area (Å²) in [5.41, 5.74) is 3.34. The molecule has 0 saturated carbocycles. The fourth-order valence-corrected chi connectivity index (χ4v) is 1.87. The van der Waals surface area contributed by atoms with Crippen molar-refractivity contribution >= 4 is 6.08 Å². The number of benzene rings is 2. The van der Waals surface area contributed by atoms with Crippen molar-refractivity contribution in [3.63, 3.8) is 0 Å². The minimum absolute atomic E-state index is 0.570. The molecule has 0 N–H and O–H groups in total. The van der Waals surface area contributed by atoms with E-state index in [1.807, 2.05) is 42.5 Å². The topological polar surface area (TPSA) is 18.5 Å². The third-order valence-electron chi connectivity index (χ3n) is 2.94. The van der Waals surface area contributed by atoms with Crippen LogP contribution in [0.5, 0.6) is 5.75 Å². The maximum Gasteiger partial charge on any atom is 0.119 e. The van der Waals surface area contributed by atoms with Crippen molar-refractivity contribution in [3.05, 3.63) is 71.8 Å². The molecule has 0 aliphatic rings. The van der Waals surface area contributed by atoms with Crippen LogP contribution in [0.4, 0.5) is 0 Å². The second-order valence-corrected chi connectivity index (χ2v) is 4.25. The summed E-state index contributed by atoms with van der Waals surface area (Å²) >= 11 is 0. The van der Waals surface area contributed by atoms with Crippen LogP contribution in [0.15, 0.2) is 55.1 Å². The fraction of sp³-hybridized carbons (Fsp3) is 0.176. The van der Waals surface area contributed by atoms with Gasteiger partial charge < -0.3 is 9.47 Å². The third-order valence-corrected chi connectivity index (χ3v) is 2.94. The summed E-state index contributed by atoms with van der Waals surface area (Å²) in [4.78, 5) is 0. The second-order valence-electron chi connectivity index (χ2n) is 4.25. The van der Waals surface area contributed by atoms with Crippen LogP contribution in [0.3, 0.4) is 0 Å². The van der Waals surface area contributed by atoms with Gasteiger partial charge in [-0.2, -0.15) is 0 Å². The predicted molar refractivity (Wildman–Crippen MR) is 78.0 cm³/mol. The lowest BCUT2D eigenvalue weighted by Crippen LogP contribution is -1.97. The Hall–Kier alpha value is -2.06. The Morgan fingerprint density at radius 3 is 2.53 bits per heavy atom. The average molecular weight is 254 g/mol. The van der Waals surface area contributed by atoms with Gasteiger partial charge in [-0.25, -0.2) is 0 Å². The summed E-state index contributed by atoms with van der Waals surface area (Å²) < 4.78 is 10.9.